The van der Waals surface area contributed by atoms with Gasteiger partial charge in [0.1, 0.15) is 0 Å². The van der Waals surface area contributed by atoms with E-state index in [4.69, 9.17) is 11.6 Å². The Morgan fingerprint density at radius 3 is 2.71 bits per heavy atom. The highest BCUT2D eigenvalue weighted by Crippen LogP contribution is 2.21. The van der Waals surface area contributed by atoms with Crippen molar-refractivity contribution in [2.24, 2.45) is 0 Å². The second kappa shape index (κ2) is 6.76. The van der Waals surface area contributed by atoms with Crippen LogP contribution in [0.4, 0.5) is 0 Å². The Bertz CT molecular complexity index is 641. The lowest BCUT2D eigenvalue weighted by molar-refractivity contribution is -0.121. The van der Waals surface area contributed by atoms with Gasteiger partial charge in [-0.3, -0.25) is 9.59 Å². The molecule has 1 aromatic rings. The smallest absolute Gasteiger partial charge is 0.261 e. The number of thiophene rings is 1. The Labute approximate surface area is 131 Å². The van der Waals surface area contributed by atoms with Crippen molar-refractivity contribution in [3.63, 3.8) is 0 Å². The van der Waals surface area contributed by atoms with Gasteiger partial charge >= 0.3 is 0 Å². The highest BCUT2D eigenvalue weighted by Gasteiger charge is 2.28. The molecule has 1 saturated heterocycles. The number of carbonyl (C=O) groups is 2. The van der Waals surface area contributed by atoms with Crippen molar-refractivity contribution in [3.05, 3.63) is 21.3 Å². The first-order valence-electron chi connectivity index (χ1n) is 6.39. The van der Waals surface area contributed by atoms with E-state index in [1.165, 1.54) is 11.3 Å². The van der Waals surface area contributed by atoms with E-state index in [0.29, 0.717) is 15.6 Å². The zero-order valence-corrected chi connectivity index (χ0v) is 13.5. The summed E-state index contributed by atoms with van der Waals surface area (Å²) in [6.45, 7) is 0.194. The van der Waals surface area contributed by atoms with Crippen molar-refractivity contribution >= 4 is 44.6 Å². The van der Waals surface area contributed by atoms with Gasteiger partial charge in [0.15, 0.2) is 9.84 Å². The normalized spacial score (nSPS) is 20.1. The summed E-state index contributed by atoms with van der Waals surface area (Å²) in [6, 6.07) is 2.94. The minimum atomic E-state index is -3.00. The van der Waals surface area contributed by atoms with Crippen LogP contribution in [-0.2, 0) is 14.6 Å². The molecule has 0 aliphatic carbocycles. The zero-order valence-electron chi connectivity index (χ0n) is 11.1. The Kier molecular flexibility index (Phi) is 5.23. The SMILES string of the molecule is O=C(CCNC(=O)c1ccc(Cl)s1)NC1CCS(=O)(=O)C1. The average molecular weight is 351 g/mol. The van der Waals surface area contributed by atoms with Crippen LogP contribution in [0.3, 0.4) is 0 Å². The predicted octanol–water partition coefficient (Wildman–Crippen LogP) is 0.825. The molecule has 0 radical (unpaired) electrons. The number of carbonyl (C=O) groups excluding carboxylic acids is 2. The second-order valence-electron chi connectivity index (χ2n) is 4.78. The van der Waals surface area contributed by atoms with Gasteiger partial charge in [0, 0.05) is 19.0 Å². The second-order valence-corrected chi connectivity index (χ2v) is 8.72. The summed E-state index contributed by atoms with van der Waals surface area (Å²) < 4.78 is 23.1. The molecule has 21 heavy (non-hydrogen) atoms. The number of halogens is 1. The van der Waals surface area contributed by atoms with Crippen LogP contribution in [0.2, 0.25) is 4.34 Å². The summed E-state index contributed by atoms with van der Waals surface area (Å²) in [5.74, 6) is -0.420. The minimum absolute atomic E-state index is 0.00120. The van der Waals surface area contributed by atoms with Crippen molar-refractivity contribution in [1.29, 1.82) is 0 Å². The van der Waals surface area contributed by atoms with Crippen LogP contribution in [0.15, 0.2) is 12.1 Å². The van der Waals surface area contributed by atoms with Crippen LogP contribution in [0, 0.1) is 0 Å². The van der Waals surface area contributed by atoms with Crippen molar-refractivity contribution in [3.8, 4) is 0 Å². The summed E-state index contributed by atoms with van der Waals surface area (Å²) in [5, 5.41) is 5.28. The van der Waals surface area contributed by atoms with E-state index in [2.05, 4.69) is 10.6 Å². The molecule has 9 heteroatoms. The molecule has 6 nitrogen and oxygen atoms in total. The Balaban J connectivity index is 1.69. The highest BCUT2D eigenvalue weighted by molar-refractivity contribution is 7.91. The van der Waals surface area contributed by atoms with Crippen molar-refractivity contribution in [1.82, 2.24) is 10.6 Å². The molecule has 1 aliphatic rings. The van der Waals surface area contributed by atoms with E-state index in [1.807, 2.05) is 0 Å². The molecule has 1 atom stereocenters. The number of sulfone groups is 1. The Hall–Kier alpha value is -1.12. The van der Waals surface area contributed by atoms with Gasteiger partial charge in [-0.05, 0) is 18.6 Å². The van der Waals surface area contributed by atoms with Crippen LogP contribution in [0.25, 0.3) is 0 Å². The number of amides is 2. The number of hydrogen-bond donors (Lipinski definition) is 2. The topological polar surface area (TPSA) is 92.3 Å². The zero-order chi connectivity index (χ0) is 15.5. The van der Waals surface area contributed by atoms with Gasteiger partial charge in [-0.15, -0.1) is 11.3 Å². The molecule has 1 unspecified atom stereocenters. The number of rotatable bonds is 5. The van der Waals surface area contributed by atoms with Crippen LogP contribution in [0.1, 0.15) is 22.5 Å². The maximum atomic E-state index is 11.7. The lowest BCUT2D eigenvalue weighted by Crippen LogP contribution is -2.37. The van der Waals surface area contributed by atoms with Gasteiger partial charge in [-0.1, -0.05) is 11.6 Å². The molecular weight excluding hydrogens is 336 g/mol. The molecule has 2 rings (SSSR count). The van der Waals surface area contributed by atoms with Gasteiger partial charge in [-0.2, -0.15) is 0 Å². The van der Waals surface area contributed by atoms with E-state index in [0.717, 1.165) is 0 Å². The maximum absolute atomic E-state index is 11.7. The average Bonchev–Trinajstić information content (AvgIpc) is 2.95. The molecular formula is C12H15ClN2O4S2. The van der Waals surface area contributed by atoms with Crippen LogP contribution in [-0.4, -0.2) is 44.3 Å². The molecule has 2 heterocycles. The third kappa shape index (κ3) is 4.98. The molecule has 0 spiro atoms. The van der Waals surface area contributed by atoms with E-state index >= 15 is 0 Å². The van der Waals surface area contributed by atoms with Gasteiger partial charge < -0.3 is 10.6 Å². The van der Waals surface area contributed by atoms with Gasteiger partial charge in [0.2, 0.25) is 5.91 Å². The van der Waals surface area contributed by atoms with Gasteiger partial charge in [-0.25, -0.2) is 8.42 Å². The van der Waals surface area contributed by atoms with E-state index in [9.17, 15) is 18.0 Å². The summed E-state index contributed by atoms with van der Waals surface area (Å²) in [6.07, 6.45) is 0.565. The third-order valence-electron chi connectivity index (χ3n) is 3.03. The van der Waals surface area contributed by atoms with Crippen molar-refractivity contribution in [2.75, 3.05) is 18.1 Å². The molecule has 0 bridgehead atoms. The first kappa shape index (κ1) is 16.3. The molecule has 1 aromatic heterocycles. The lowest BCUT2D eigenvalue weighted by atomic mass is 10.2. The maximum Gasteiger partial charge on any atom is 0.261 e. The molecule has 2 N–H and O–H groups in total. The van der Waals surface area contributed by atoms with Crippen LogP contribution >= 0.6 is 22.9 Å². The third-order valence-corrected chi connectivity index (χ3v) is 6.03. The van der Waals surface area contributed by atoms with Crippen molar-refractivity contribution < 1.29 is 18.0 Å². The summed E-state index contributed by atoms with van der Waals surface area (Å²) in [7, 11) is -3.00. The minimum Gasteiger partial charge on any atom is -0.352 e. The predicted molar refractivity (Wildman–Crippen MR) is 81.5 cm³/mol. The molecule has 2 amide bonds. The Morgan fingerprint density at radius 1 is 1.38 bits per heavy atom. The molecule has 0 saturated carbocycles. The van der Waals surface area contributed by atoms with E-state index in [1.54, 1.807) is 12.1 Å². The first-order valence-corrected chi connectivity index (χ1v) is 9.40. The standard InChI is InChI=1S/C12H15ClN2O4S2/c13-10-2-1-9(20-10)12(17)14-5-3-11(16)15-8-4-6-21(18,19)7-8/h1-2,8H,3-7H2,(H,14,17)(H,15,16). The van der Waals surface area contributed by atoms with Crippen LogP contribution in [0.5, 0.6) is 0 Å². The fourth-order valence-corrected chi connectivity index (χ4v) is 4.65. The summed E-state index contributed by atoms with van der Waals surface area (Å²) in [4.78, 5) is 23.8. The summed E-state index contributed by atoms with van der Waals surface area (Å²) in [5.41, 5.74) is 0. The fourth-order valence-electron chi connectivity index (χ4n) is 2.02. The Morgan fingerprint density at radius 2 is 2.14 bits per heavy atom. The van der Waals surface area contributed by atoms with E-state index < -0.39 is 9.84 Å². The lowest BCUT2D eigenvalue weighted by Gasteiger charge is -2.10. The fraction of sp³-hybridized carbons (Fsp3) is 0.500. The largest absolute Gasteiger partial charge is 0.352 e. The molecule has 1 fully saturated rings. The number of hydrogen-bond acceptors (Lipinski definition) is 5. The molecule has 116 valence electrons. The van der Waals surface area contributed by atoms with Gasteiger partial charge in [0.05, 0.1) is 20.7 Å². The summed E-state index contributed by atoms with van der Waals surface area (Å²) >= 11 is 6.90. The monoisotopic (exact) mass is 350 g/mol. The van der Waals surface area contributed by atoms with Gasteiger partial charge in [0.25, 0.3) is 5.91 Å². The number of nitrogens with one attached hydrogen (secondary N) is 2. The first-order chi connectivity index (χ1) is 9.85. The van der Waals surface area contributed by atoms with Crippen molar-refractivity contribution in [2.45, 2.75) is 18.9 Å². The molecule has 0 aromatic carbocycles. The molecule has 1 aliphatic heterocycles. The quantitative estimate of drug-likeness (QED) is 0.822. The van der Waals surface area contributed by atoms with E-state index in [-0.39, 0.29) is 42.3 Å². The highest BCUT2D eigenvalue weighted by atomic mass is 35.5. The van der Waals surface area contributed by atoms with Crippen LogP contribution < -0.4 is 10.6 Å².